The maximum atomic E-state index is 12.7. The third kappa shape index (κ3) is 7.85. The molecular formula is C30H38Cl2N6O2. The smallest absolute Gasteiger partial charge is 0.323 e. The van der Waals surface area contributed by atoms with Crippen LogP contribution in [0.2, 0.25) is 10.0 Å². The van der Waals surface area contributed by atoms with Gasteiger partial charge in [-0.15, -0.1) is 0 Å². The molecule has 2 unspecified atom stereocenters. The summed E-state index contributed by atoms with van der Waals surface area (Å²) in [6.07, 6.45) is 3.39. The fourth-order valence-electron chi connectivity index (χ4n) is 4.84. The molecule has 10 heteroatoms. The second-order valence-corrected chi connectivity index (χ2v) is 11.8. The van der Waals surface area contributed by atoms with Crippen molar-refractivity contribution >= 4 is 40.8 Å². The molecule has 0 saturated carbocycles. The number of rotatable bonds is 9. The highest BCUT2D eigenvalue weighted by atomic mass is 35.5. The molecule has 2 heterocycles. The highest BCUT2D eigenvalue weighted by Crippen LogP contribution is 2.27. The lowest BCUT2D eigenvalue weighted by Crippen LogP contribution is -2.52. The second kappa shape index (κ2) is 13.2. The van der Waals surface area contributed by atoms with Gasteiger partial charge in [-0.1, -0.05) is 60.5 Å². The van der Waals surface area contributed by atoms with Crippen LogP contribution < -0.4 is 16.4 Å². The fourth-order valence-corrected chi connectivity index (χ4v) is 5.37. The van der Waals surface area contributed by atoms with Crippen LogP contribution in [0.1, 0.15) is 51.7 Å². The summed E-state index contributed by atoms with van der Waals surface area (Å²) in [5.41, 5.74) is 9.20. The predicted octanol–water partition coefficient (Wildman–Crippen LogP) is 5.93. The molecule has 1 aromatic heterocycles. The van der Waals surface area contributed by atoms with E-state index in [1.807, 2.05) is 32.9 Å². The number of aromatic nitrogens is 2. The number of hydrogen-bond donors (Lipinski definition) is 3. The Balaban J connectivity index is 1.41. The Morgan fingerprint density at radius 1 is 1.18 bits per heavy atom. The Labute approximate surface area is 246 Å². The van der Waals surface area contributed by atoms with Gasteiger partial charge >= 0.3 is 5.97 Å². The van der Waals surface area contributed by atoms with Gasteiger partial charge in [0, 0.05) is 40.3 Å². The van der Waals surface area contributed by atoms with Crippen molar-refractivity contribution in [2.75, 3.05) is 24.1 Å². The zero-order valence-electron chi connectivity index (χ0n) is 23.5. The molecule has 0 amide bonds. The van der Waals surface area contributed by atoms with Crippen LogP contribution in [-0.2, 0) is 22.6 Å². The number of nitrogens with two attached hydrogens (primary N) is 1. The summed E-state index contributed by atoms with van der Waals surface area (Å²) < 4.78 is 5.62. The SMILES string of the molecule is CCN(Cc1ccc(-c2cnc(N)c(NCc3c(Cl)cccc3Cl)n2)cc1)C1CCNC(C(=O)OC(C)(C)C)C1. The van der Waals surface area contributed by atoms with Gasteiger partial charge in [-0.2, -0.15) is 0 Å². The maximum Gasteiger partial charge on any atom is 0.323 e. The molecule has 0 spiro atoms. The van der Waals surface area contributed by atoms with E-state index in [0.717, 1.165) is 43.6 Å². The number of ether oxygens (including phenoxy) is 1. The number of anilines is 2. The van der Waals surface area contributed by atoms with Gasteiger partial charge in [0.05, 0.1) is 11.9 Å². The van der Waals surface area contributed by atoms with Crippen LogP contribution in [0.15, 0.2) is 48.7 Å². The molecule has 1 fully saturated rings. The number of nitrogens with one attached hydrogen (secondary N) is 2. The largest absolute Gasteiger partial charge is 0.459 e. The van der Waals surface area contributed by atoms with Crippen molar-refractivity contribution in [3.63, 3.8) is 0 Å². The lowest BCUT2D eigenvalue weighted by Gasteiger charge is -2.37. The molecule has 1 saturated heterocycles. The number of carbonyl (C=O) groups excluding carboxylic acids is 1. The topological polar surface area (TPSA) is 105 Å². The third-order valence-electron chi connectivity index (χ3n) is 6.92. The van der Waals surface area contributed by atoms with Gasteiger partial charge in [0.25, 0.3) is 0 Å². The van der Waals surface area contributed by atoms with E-state index in [1.165, 1.54) is 5.56 Å². The first-order chi connectivity index (χ1) is 19.0. The fraction of sp³-hybridized carbons (Fsp3) is 0.433. The highest BCUT2D eigenvalue weighted by Gasteiger charge is 2.32. The van der Waals surface area contributed by atoms with Crippen molar-refractivity contribution in [2.45, 2.75) is 71.3 Å². The Bertz CT molecular complexity index is 1290. The van der Waals surface area contributed by atoms with E-state index in [9.17, 15) is 4.79 Å². The molecule has 1 aliphatic heterocycles. The van der Waals surface area contributed by atoms with Crippen molar-refractivity contribution in [3.8, 4) is 11.3 Å². The number of hydrogen-bond acceptors (Lipinski definition) is 8. The summed E-state index contributed by atoms with van der Waals surface area (Å²) in [5, 5.41) is 7.69. The number of carbonyl (C=O) groups is 1. The number of esters is 1. The van der Waals surface area contributed by atoms with Crippen LogP contribution in [-0.4, -0.2) is 51.6 Å². The van der Waals surface area contributed by atoms with Crippen LogP contribution >= 0.6 is 23.2 Å². The van der Waals surface area contributed by atoms with Crippen molar-refractivity contribution in [3.05, 3.63) is 69.8 Å². The Morgan fingerprint density at radius 3 is 2.52 bits per heavy atom. The molecule has 1 aliphatic rings. The van der Waals surface area contributed by atoms with E-state index in [-0.39, 0.29) is 12.0 Å². The van der Waals surface area contributed by atoms with Crippen LogP contribution in [0.4, 0.5) is 11.6 Å². The molecule has 2 aromatic carbocycles. The monoisotopic (exact) mass is 584 g/mol. The quantitative estimate of drug-likeness (QED) is 0.266. The maximum absolute atomic E-state index is 12.7. The minimum absolute atomic E-state index is 0.175. The van der Waals surface area contributed by atoms with Crippen molar-refractivity contribution in [2.24, 2.45) is 0 Å². The van der Waals surface area contributed by atoms with Gasteiger partial charge in [0.1, 0.15) is 11.6 Å². The van der Waals surface area contributed by atoms with E-state index in [2.05, 4.69) is 39.6 Å². The summed E-state index contributed by atoms with van der Waals surface area (Å²) in [6.45, 7) is 10.7. The first-order valence-electron chi connectivity index (χ1n) is 13.6. The molecule has 214 valence electrons. The highest BCUT2D eigenvalue weighted by molar-refractivity contribution is 6.36. The standard InChI is InChI=1S/C30H38Cl2N6O2/c1-5-38(21-13-14-34-25(15-21)29(39)40-30(2,3)4)18-19-9-11-20(12-10-19)26-17-35-27(33)28(37-26)36-16-22-23(31)7-6-8-24(22)32/h6-12,17,21,25,34H,5,13-16,18H2,1-4H3,(H2,33,35)(H,36,37). The summed E-state index contributed by atoms with van der Waals surface area (Å²) in [4.78, 5) is 24.1. The molecule has 4 rings (SSSR count). The van der Waals surface area contributed by atoms with E-state index in [0.29, 0.717) is 40.0 Å². The molecule has 0 aliphatic carbocycles. The number of benzene rings is 2. The minimum Gasteiger partial charge on any atom is -0.459 e. The van der Waals surface area contributed by atoms with Crippen LogP contribution in [0.3, 0.4) is 0 Å². The van der Waals surface area contributed by atoms with Gasteiger partial charge in [0.15, 0.2) is 11.6 Å². The average Bonchev–Trinajstić information content (AvgIpc) is 2.92. The Morgan fingerprint density at radius 2 is 1.88 bits per heavy atom. The molecule has 4 N–H and O–H groups in total. The first kappa shape index (κ1) is 30.1. The number of halogens is 2. The van der Waals surface area contributed by atoms with Crippen molar-refractivity contribution in [1.29, 1.82) is 0 Å². The molecule has 0 radical (unpaired) electrons. The molecular weight excluding hydrogens is 547 g/mol. The summed E-state index contributed by atoms with van der Waals surface area (Å²) in [6, 6.07) is 13.7. The lowest BCUT2D eigenvalue weighted by molar-refractivity contribution is -0.158. The summed E-state index contributed by atoms with van der Waals surface area (Å²) in [7, 11) is 0. The zero-order valence-corrected chi connectivity index (χ0v) is 25.0. The van der Waals surface area contributed by atoms with Crippen LogP contribution in [0.5, 0.6) is 0 Å². The van der Waals surface area contributed by atoms with Gasteiger partial charge in [0.2, 0.25) is 0 Å². The second-order valence-electron chi connectivity index (χ2n) is 11.0. The molecule has 40 heavy (non-hydrogen) atoms. The molecule has 8 nitrogen and oxygen atoms in total. The summed E-state index contributed by atoms with van der Waals surface area (Å²) >= 11 is 12.6. The Kier molecular flexibility index (Phi) is 9.90. The van der Waals surface area contributed by atoms with Gasteiger partial charge in [-0.05, 0) is 64.4 Å². The number of nitrogens with zero attached hydrogens (tertiary/aromatic N) is 3. The predicted molar refractivity (Wildman–Crippen MR) is 162 cm³/mol. The molecule has 2 atom stereocenters. The number of nitrogen functional groups attached to an aromatic ring is 1. The molecule has 0 bridgehead atoms. The number of piperidine rings is 1. The van der Waals surface area contributed by atoms with E-state index >= 15 is 0 Å². The van der Waals surface area contributed by atoms with Crippen molar-refractivity contribution < 1.29 is 9.53 Å². The van der Waals surface area contributed by atoms with Gasteiger partial charge in [-0.3, -0.25) is 9.69 Å². The van der Waals surface area contributed by atoms with E-state index in [4.69, 9.17) is 38.7 Å². The van der Waals surface area contributed by atoms with Crippen LogP contribution in [0.25, 0.3) is 11.3 Å². The third-order valence-corrected chi connectivity index (χ3v) is 7.63. The van der Waals surface area contributed by atoms with Crippen molar-refractivity contribution in [1.82, 2.24) is 20.2 Å². The van der Waals surface area contributed by atoms with Gasteiger partial charge in [-0.25, -0.2) is 9.97 Å². The van der Waals surface area contributed by atoms with E-state index in [1.54, 1.807) is 24.4 Å². The van der Waals surface area contributed by atoms with E-state index < -0.39 is 5.60 Å². The molecule has 3 aromatic rings. The van der Waals surface area contributed by atoms with Crippen LogP contribution in [0, 0.1) is 0 Å². The Hall–Kier alpha value is -2.91. The zero-order chi connectivity index (χ0) is 28.9. The minimum atomic E-state index is -0.493. The summed E-state index contributed by atoms with van der Waals surface area (Å²) in [5.74, 6) is 0.597. The first-order valence-corrected chi connectivity index (χ1v) is 14.4. The average molecular weight is 586 g/mol. The normalized spacial score (nSPS) is 17.6. The lowest BCUT2D eigenvalue weighted by atomic mass is 9.97. The van der Waals surface area contributed by atoms with Gasteiger partial charge < -0.3 is 21.1 Å².